The van der Waals surface area contributed by atoms with Crippen molar-refractivity contribution in [1.82, 2.24) is 20.4 Å². The number of nitrogens with one attached hydrogen (secondary N) is 2. The van der Waals surface area contributed by atoms with Gasteiger partial charge in [-0.2, -0.15) is 16.4 Å². The first-order valence-corrected chi connectivity index (χ1v) is 8.85. The molecule has 1 fully saturated rings. The Morgan fingerprint density at radius 1 is 1.50 bits per heavy atom. The van der Waals surface area contributed by atoms with Crippen molar-refractivity contribution in [3.8, 4) is 11.3 Å². The van der Waals surface area contributed by atoms with E-state index in [1.54, 1.807) is 17.5 Å². The summed E-state index contributed by atoms with van der Waals surface area (Å²) in [6, 6.07) is 2.24. The number of hydrogen-bond donors (Lipinski definition) is 3. The van der Waals surface area contributed by atoms with Gasteiger partial charge in [0, 0.05) is 23.0 Å². The molecule has 0 aliphatic heterocycles. The van der Waals surface area contributed by atoms with E-state index in [2.05, 4.69) is 15.5 Å². The third kappa shape index (κ3) is 3.49. The Morgan fingerprint density at radius 3 is 2.92 bits per heavy atom. The van der Waals surface area contributed by atoms with Crippen LogP contribution in [0.3, 0.4) is 0 Å². The fourth-order valence-corrected chi connectivity index (χ4v) is 3.67. The third-order valence-corrected chi connectivity index (χ3v) is 5.09. The quantitative estimate of drug-likeness (QED) is 0.709. The molecule has 1 amide bonds. The Hall–Kier alpha value is -2.19. The zero-order chi connectivity index (χ0) is 17.1. The highest BCUT2D eigenvalue weighted by Gasteiger charge is 2.35. The number of rotatable bonds is 7. The van der Waals surface area contributed by atoms with E-state index < -0.39 is 5.97 Å². The van der Waals surface area contributed by atoms with Crippen molar-refractivity contribution in [3.63, 3.8) is 0 Å². The lowest BCUT2D eigenvalue weighted by atomic mass is 9.85. The number of carbonyl (C=O) groups excluding carboxylic acids is 1. The first kappa shape index (κ1) is 16.7. The Balaban J connectivity index is 1.56. The number of likely N-dealkylation sites (N-methyl/N-ethyl adjacent to an activating group) is 1. The predicted octanol–water partition coefficient (Wildman–Crippen LogP) is 1.81. The average Bonchev–Trinajstić information content (AvgIpc) is 3.17. The Bertz CT molecular complexity index is 707. The Morgan fingerprint density at radius 2 is 2.29 bits per heavy atom. The van der Waals surface area contributed by atoms with Crippen molar-refractivity contribution in [2.45, 2.75) is 31.8 Å². The van der Waals surface area contributed by atoms with Crippen LogP contribution < -0.4 is 5.32 Å². The highest BCUT2D eigenvalue weighted by Crippen LogP contribution is 2.27. The predicted molar refractivity (Wildman–Crippen MR) is 91.1 cm³/mol. The topological polar surface area (TPSA) is 98.3 Å². The van der Waals surface area contributed by atoms with E-state index in [9.17, 15) is 9.59 Å². The molecular formula is C16H20N4O3S. The SMILES string of the molecule is CCN(CC(=O)O)C1CC(NC(=O)c2cn[nH]c2-c2ccsc2)C1. The molecule has 2 aromatic rings. The molecule has 2 aromatic heterocycles. The Labute approximate surface area is 143 Å². The number of aromatic amines is 1. The van der Waals surface area contributed by atoms with Crippen molar-refractivity contribution in [2.75, 3.05) is 13.1 Å². The van der Waals surface area contributed by atoms with Crippen LogP contribution >= 0.6 is 11.3 Å². The van der Waals surface area contributed by atoms with Crippen molar-refractivity contribution in [1.29, 1.82) is 0 Å². The standard InChI is InChI=1S/C16H20N4O3S/c1-2-20(8-14(21)22)12-5-11(6-12)18-16(23)13-7-17-19-15(13)10-3-4-24-9-10/h3-4,7,9,11-12H,2,5-6,8H2,1H3,(H,17,19)(H,18,23)(H,21,22). The molecule has 0 aromatic carbocycles. The van der Waals surface area contributed by atoms with Crippen LogP contribution in [0.25, 0.3) is 11.3 Å². The van der Waals surface area contributed by atoms with Gasteiger partial charge in [0.15, 0.2) is 0 Å². The number of aliphatic carboxylic acids is 1. The maximum absolute atomic E-state index is 12.5. The molecule has 0 spiro atoms. The smallest absolute Gasteiger partial charge is 0.317 e. The average molecular weight is 348 g/mol. The van der Waals surface area contributed by atoms with Gasteiger partial charge in [-0.25, -0.2) is 0 Å². The van der Waals surface area contributed by atoms with E-state index in [0.717, 1.165) is 24.1 Å². The number of amides is 1. The number of carboxylic acids is 1. The molecule has 0 radical (unpaired) electrons. The molecule has 8 heteroatoms. The Kier molecular flexibility index (Phi) is 4.96. The van der Waals surface area contributed by atoms with Crippen LogP contribution in [0.4, 0.5) is 0 Å². The van der Waals surface area contributed by atoms with Crippen LogP contribution in [0.15, 0.2) is 23.0 Å². The molecule has 1 saturated carbocycles. The number of H-pyrrole nitrogens is 1. The fourth-order valence-electron chi connectivity index (χ4n) is 3.02. The van der Waals surface area contributed by atoms with E-state index in [1.165, 1.54) is 0 Å². The molecule has 128 valence electrons. The summed E-state index contributed by atoms with van der Waals surface area (Å²) < 4.78 is 0. The molecule has 0 saturated heterocycles. The van der Waals surface area contributed by atoms with E-state index in [1.807, 2.05) is 28.7 Å². The molecule has 0 bridgehead atoms. The van der Waals surface area contributed by atoms with Gasteiger partial charge in [-0.15, -0.1) is 0 Å². The second kappa shape index (κ2) is 7.14. The minimum Gasteiger partial charge on any atom is -0.480 e. The van der Waals surface area contributed by atoms with Crippen LogP contribution in [0, 0.1) is 0 Å². The largest absolute Gasteiger partial charge is 0.480 e. The molecule has 2 heterocycles. The van der Waals surface area contributed by atoms with Gasteiger partial charge in [-0.05, 0) is 30.8 Å². The number of carboxylic acid groups (broad SMARTS) is 1. The van der Waals surface area contributed by atoms with Gasteiger partial charge in [0.2, 0.25) is 0 Å². The number of aromatic nitrogens is 2. The molecule has 1 aliphatic carbocycles. The van der Waals surface area contributed by atoms with Crippen LogP contribution in [0.5, 0.6) is 0 Å². The second-order valence-electron chi connectivity index (χ2n) is 5.92. The van der Waals surface area contributed by atoms with Gasteiger partial charge in [-0.1, -0.05) is 6.92 Å². The van der Waals surface area contributed by atoms with Crippen LogP contribution in [0.1, 0.15) is 30.1 Å². The summed E-state index contributed by atoms with van der Waals surface area (Å²) in [5.41, 5.74) is 2.22. The van der Waals surface area contributed by atoms with Crippen LogP contribution in [-0.4, -0.2) is 57.3 Å². The first-order chi connectivity index (χ1) is 11.6. The summed E-state index contributed by atoms with van der Waals surface area (Å²) in [6.45, 7) is 2.70. The van der Waals surface area contributed by atoms with Gasteiger partial charge in [0.05, 0.1) is 24.0 Å². The summed E-state index contributed by atoms with van der Waals surface area (Å²) >= 11 is 1.57. The minimum absolute atomic E-state index is 0.0475. The van der Waals surface area contributed by atoms with Gasteiger partial charge in [0.25, 0.3) is 5.91 Å². The van der Waals surface area contributed by atoms with E-state index in [0.29, 0.717) is 12.1 Å². The summed E-state index contributed by atoms with van der Waals surface area (Å²) in [4.78, 5) is 25.3. The number of nitrogens with zero attached hydrogens (tertiary/aromatic N) is 2. The molecule has 3 rings (SSSR count). The summed E-state index contributed by atoms with van der Waals surface area (Å²) in [5, 5.41) is 22.7. The minimum atomic E-state index is -0.817. The third-order valence-electron chi connectivity index (χ3n) is 4.40. The van der Waals surface area contributed by atoms with Crippen LogP contribution in [0.2, 0.25) is 0 Å². The highest BCUT2D eigenvalue weighted by molar-refractivity contribution is 7.08. The molecule has 0 unspecified atom stereocenters. The molecule has 1 aliphatic rings. The summed E-state index contributed by atoms with van der Waals surface area (Å²) in [6.07, 6.45) is 3.10. The molecule has 3 N–H and O–H groups in total. The lowest BCUT2D eigenvalue weighted by molar-refractivity contribution is -0.139. The first-order valence-electron chi connectivity index (χ1n) is 7.91. The van der Waals surface area contributed by atoms with E-state index in [4.69, 9.17) is 5.11 Å². The number of thiophene rings is 1. The second-order valence-corrected chi connectivity index (χ2v) is 6.70. The highest BCUT2D eigenvalue weighted by atomic mass is 32.1. The summed E-state index contributed by atoms with van der Waals surface area (Å²) in [7, 11) is 0. The monoisotopic (exact) mass is 348 g/mol. The van der Waals surface area contributed by atoms with Gasteiger partial charge >= 0.3 is 5.97 Å². The van der Waals surface area contributed by atoms with Crippen molar-refractivity contribution in [2.24, 2.45) is 0 Å². The van der Waals surface area contributed by atoms with Crippen molar-refractivity contribution in [3.05, 3.63) is 28.6 Å². The van der Waals surface area contributed by atoms with Gasteiger partial charge in [-0.3, -0.25) is 19.6 Å². The summed E-state index contributed by atoms with van der Waals surface area (Å²) in [5.74, 6) is -0.960. The zero-order valence-electron chi connectivity index (χ0n) is 13.4. The van der Waals surface area contributed by atoms with E-state index in [-0.39, 0.29) is 24.5 Å². The number of carbonyl (C=O) groups is 2. The normalized spacial score (nSPS) is 19.9. The lowest BCUT2D eigenvalue weighted by Gasteiger charge is -2.42. The maximum atomic E-state index is 12.5. The maximum Gasteiger partial charge on any atom is 0.317 e. The molecule has 0 atom stereocenters. The fraction of sp³-hybridized carbons (Fsp3) is 0.438. The molecular weight excluding hydrogens is 328 g/mol. The number of hydrogen-bond acceptors (Lipinski definition) is 5. The van der Waals surface area contributed by atoms with Gasteiger partial charge in [0.1, 0.15) is 0 Å². The zero-order valence-corrected chi connectivity index (χ0v) is 14.2. The van der Waals surface area contributed by atoms with Crippen molar-refractivity contribution < 1.29 is 14.7 Å². The van der Waals surface area contributed by atoms with Gasteiger partial charge < -0.3 is 10.4 Å². The molecule has 24 heavy (non-hydrogen) atoms. The lowest BCUT2D eigenvalue weighted by Crippen LogP contribution is -2.54. The van der Waals surface area contributed by atoms with E-state index >= 15 is 0 Å². The van der Waals surface area contributed by atoms with Crippen molar-refractivity contribution >= 4 is 23.2 Å². The van der Waals surface area contributed by atoms with Crippen LogP contribution in [-0.2, 0) is 4.79 Å². The molecule has 7 nitrogen and oxygen atoms in total.